The van der Waals surface area contributed by atoms with E-state index in [0.29, 0.717) is 5.92 Å². The lowest BCUT2D eigenvalue weighted by molar-refractivity contribution is 0.268. The summed E-state index contributed by atoms with van der Waals surface area (Å²) in [6, 6.07) is 0. The zero-order chi connectivity index (χ0) is 7.61. The Labute approximate surface area is 62.3 Å². The Morgan fingerprint density at radius 3 is 2.20 bits per heavy atom. The van der Waals surface area contributed by atoms with Crippen molar-refractivity contribution in [3.05, 3.63) is 12.7 Å². The van der Waals surface area contributed by atoms with E-state index < -0.39 is 0 Å². The van der Waals surface area contributed by atoms with Crippen molar-refractivity contribution in [1.29, 1.82) is 0 Å². The number of rotatable bonds is 1. The summed E-state index contributed by atoms with van der Waals surface area (Å²) >= 11 is 0. The topological polar surface area (TPSA) is 52.0 Å². The van der Waals surface area contributed by atoms with Gasteiger partial charge in [-0.2, -0.15) is 0 Å². The maximum Gasteiger partial charge on any atom is 0.0637 e. The standard InChI is InChI=1S/C8H16N2/c1-2-7-3-5-8(9,10)6-4-7/h2,7H,1,3-6,9-10H2. The molecule has 0 bridgehead atoms. The average Bonchev–Trinajstić information content (AvgIpc) is 1.88. The van der Waals surface area contributed by atoms with Gasteiger partial charge >= 0.3 is 0 Å². The molecular weight excluding hydrogens is 124 g/mol. The van der Waals surface area contributed by atoms with Gasteiger partial charge in [0.25, 0.3) is 0 Å². The molecule has 0 aliphatic heterocycles. The van der Waals surface area contributed by atoms with E-state index in [4.69, 9.17) is 11.5 Å². The smallest absolute Gasteiger partial charge is 0.0637 e. The van der Waals surface area contributed by atoms with E-state index >= 15 is 0 Å². The second-order valence-corrected chi connectivity index (χ2v) is 3.31. The molecule has 4 N–H and O–H groups in total. The largest absolute Gasteiger partial charge is 0.313 e. The molecule has 0 radical (unpaired) electrons. The molecule has 10 heavy (non-hydrogen) atoms. The van der Waals surface area contributed by atoms with Crippen LogP contribution in [0.1, 0.15) is 25.7 Å². The van der Waals surface area contributed by atoms with Gasteiger partial charge in [-0.15, -0.1) is 6.58 Å². The number of hydrogen-bond acceptors (Lipinski definition) is 2. The van der Waals surface area contributed by atoms with Crippen LogP contribution in [0.2, 0.25) is 0 Å². The van der Waals surface area contributed by atoms with Crippen molar-refractivity contribution in [1.82, 2.24) is 0 Å². The summed E-state index contributed by atoms with van der Waals surface area (Å²) in [6.07, 6.45) is 6.09. The van der Waals surface area contributed by atoms with Crippen LogP contribution in [-0.4, -0.2) is 5.66 Å². The third kappa shape index (κ3) is 1.82. The fraction of sp³-hybridized carbons (Fsp3) is 0.750. The Morgan fingerprint density at radius 2 is 1.80 bits per heavy atom. The summed E-state index contributed by atoms with van der Waals surface area (Å²) in [7, 11) is 0. The maximum atomic E-state index is 5.74. The van der Waals surface area contributed by atoms with Gasteiger partial charge in [0.15, 0.2) is 0 Å². The molecular formula is C8H16N2. The molecule has 1 saturated carbocycles. The lowest BCUT2D eigenvalue weighted by Crippen LogP contribution is -2.51. The van der Waals surface area contributed by atoms with Crippen molar-refractivity contribution >= 4 is 0 Å². The van der Waals surface area contributed by atoms with Crippen LogP contribution >= 0.6 is 0 Å². The molecule has 2 nitrogen and oxygen atoms in total. The summed E-state index contributed by atoms with van der Waals surface area (Å²) in [5.41, 5.74) is 11.1. The first-order valence-corrected chi connectivity index (χ1v) is 3.84. The molecule has 0 atom stereocenters. The Bertz CT molecular complexity index is 119. The zero-order valence-electron chi connectivity index (χ0n) is 6.34. The third-order valence-electron chi connectivity index (χ3n) is 2.29. The minimum atomic E-state index is -0.389. The molecule has 0 spiro atoms. The molecule has 1 aliphatic rings. The van der Waals surface area contributed by atoms with Gasteiger partial charge in [0.1, 0.15) is 0 Å². The summed E-state index contributed by atoms with van der Waals surface area (Å²) in [5, 5.41) is 0. The van der Waals surface area contributed by atoms with Crippen molar-refractivity contribution in [2.24, 2.45) is 17.4 Å². The molecule has 0 unspecified atom stereocenters. The van der Waals surface area contributed by atoms with Crippen LogP contribution in [0.5, 0.6) is 0 Å². The monoisotopic (exact) mass is 140 g/mol. The zero-order valence-corrected chi connectivity index (χ0v) is 6.34. The Hall–Kier alpha value is -0.340. The lowest BCUT2D eigenvalue weighted by atomic mass is 9.83. The molecule has 0 aromatic heterocycles. The normalized spacial score (nSPS) is 26.2. The van der Waals surface area contributed by atoms with E-state index in [0.717, 1.165) is 25.7 Å². The highest BCUT2D eigenvalue weighted by molar-refractivity contribution is 4.90. The van der Waals surface area contributed by atoms with Crippen LogP contribution in [-0.2, 0) is 0 Å². The third-order valence-corrected chi connectivity index (χ3v) is 2.29. The van der Waals surface area contributed by atoms with Crippen LogP contribution in [0.25, 0.3) is 0 Å². The van der Waals surface area contributed by atoms with Gasteiger partial charge in [-0.1, -0.05) is 6.08 Å². The summed E-state index contributed by atoms with van der Waals surface area (Å²) in [4.78, 5) is 0. The molecule has 0 amide bonds. The average molecular weight is 140 g/mol. The first-order chi connectivity index (χ1) is 4.64. The first kappa shape index (κ1) is 7.76. The van der Waals surface area contributed by atoms with E-state index in [1.807, 2.05) is 6.08 Å². The fourth-order valence-electron chi connectivity index (χ4n) is 1.41. The van der Waals surface area contributed by atoms with Gasteiger partial charge < -0.3 is 11.5 Å². The van der Waals surface area contributed by atoms with Crippen LogP contribution < -0.4 is 11.5 Å². The molecule has 0 heterocycles. The van der Waals surface area contributed by atoms with Gasteiger partial charge in [-0.3, -0.25) is 0 Å². The van der Waals surface area contributed by atoms with Crippen LogP contribution in [0.3, 0.4) is 0 Å². The molecule has 0 aromatic rings. The second kappa shape index (κ2) is 2.72. The Balaban J connectivity index is 2.38. The lowest BCUT2D eigenvalue weighted by Gasteiger charge is -2.32. The van der Waals surface area contributed by atoms with Crippen molar-refractivity contribution in [2.45, 2.75) is 31.3 Å². The van der Waals surface area contributed by atoms with E-state index in [1.54, 1.807) is 0 Å². The molecule has 1 fully saturated rings. The Morgan fingerprint density at radius 1 is 1.30 bits per heavy atom. The molecule has 1 aliphatic carbocycles. The van der Waals surface area contributed by atoms with E-state index in [9.17, 15) is 0 Å². The Kier molecular flexibility index (Phi) is 2.11. The molecule has 2 heteroatoms. The summed E-state index contributed by atoms with van der Waals surface area (Å²) < 4.78 is 0. The highest BCUT2D eigenvalue weighted by Crippen LogP contribution is 2.27. The quantitative estimate of drug-likeness (QED) is 0.421. The predicted octanol–water partition coefficient (Wildman–Crippen LogP) is 0.976. The van der Waals surface area contributed by atoms with Crippen LogP contribution in [0.15, 0.2) is 12.7 Å². The van der Waals surface area contributed by atoms with Gasteiger partial charge in [-0.05, 0) is 31.6 Å². The van der Waals surface area contributed by atoms with Crippen LogP contribution in [0.4, 0.5) is 0 Å². The van der Waals surface area contributed by atoms with Crippen molar-refractivity contribution < 1.29 is 0 Å². The van der Waals surface area contributed by atoms with Crippen molar-refractivity contribution in [3.8, 4) is 0 Å². The highest BCUT2D eigenvalue weighted by Gasteiger charge is 2.25. The number of hydrogen-bond donors (Lipinski definition) is 2. The summed E-state index contributed by atoms with van der Waals surface area (Å²) in [6.45, 7) is 3.75. The molecule has 1 rings (SSSR count). The van der Waals surface area contributed by atoms with E-state index in [1.165, 1.54) is 0 Å². The van der Waals surface area contributed by atoms with Gasteiger partial charge in [0.05, 0.1) is 5.66 Å². The van der Waals surface area contributed by atoms with Crippen molar-refractivity contribution in [2.75, 3.05) is 0 Å². The molecule has 0 aromatic carbocycles. The maximum absolute atomic E-state index is 5.74. The van der Waals surface area contributed by atoms with Gasteiger partial charge in [0.2, 0.25) is 0 Å². The fourth-order valence-corrected chi connectivity index (χ4v) is 1.41. The van der Waals surface area contributed by atoms with Gasteiger partial charge in [0, 0.05) is 0 Å². The minimum absolute atomic E-state index is 0.389. The minimum Gasteiger partial charge on any atom is -0.313 e. The molecule has 58 valence electrons. The van der Waals surface area contributed by atoms with E-state index in [2.05, 4.69) is 6.58 Å². The second-order valence-electron chi connectivity index (χ2n) is 3.31. The van der Waals surface area contributed by atoms with Gasteiger partial charge in [-0.25, -0.2) is 0 Å². The van der Waals surface area contributed by atoms with Crippen molar-refractivity contribution in [3.63, 3.8) is 0 Å². The van der Waals surface area contributed by atoms with E-state index in [-0.39, 0.29) is 5.66 Å². The SMILES string of the molecule is C=CC1CCC(N)(N)CC1. The number of nitrogens with two attached hydrogens (primary N) is 2. The summed E-state index contributed by atoms with van der Waals surface area (Å²) in [5.74, 6) is 0.653. The van der Waals surface area contributed by atoms with Crippen LogP contribution in [0, 0.1) is 5.92 Å². The first-order valence-electron chi connectivity index (χ1n) is 3.84. The highest BCUT2D eigenvalue weighted by atomic mass is 14.9. The molecule has 0 saturated heterocycles. The number of allylic oxidation sites excluding steroid dienone is 1. The predicted molar refractivity (Wildman–Crippen MR) is 43.3 cm³/mol.